The second-order valence-corrected chi connectivity index (χ2v) is 3.90. The van der Waals surface area contributed by atoms with Crippen LogP contribution < -0.4 is 4.74 Å². The summed E-state index contributed by atoms with van der Waals surface area (Å²) in [6, 6.07) is 2.43. The van der Waals surface area contributed by atoms with E-state index >= 15 is 0 Å². The van der Waals surface area contributed by atoms with Gasteiger partial charge in [0.05, 0.1) is 22.1 Å². The molecule has 0 heterocycles. The third-order valence-corrected chi connectivity index (χ3v) is 2.62. The molecular formula is C9H8BrNO6. The van der Waals surface area contributed by atoms with E-state index in [1.54, 1.807) is 0 Å². The number of carboxylic acids is 1. The van der Waals surface area contributed by atoms with Crippen molar-refractivity contribution in [2.75, 3.05) is 7.11 Å². The van der Waals surface area contributed by atoms with Crippen molar-refractivity contribution in [3.05, 3.63) is 32.3 Å². The fourth-order valence-corrected chi connectivity index (χ4v) is 1.85. The molecule has 7 nitrogen and oxygen atoms in total. The Morgan fingerprint density at radius 2 is 2.18 bits per heavy atom. The SMILES string of the molecule is COc1cc(Br)c([N+](=O)[O-])c(C(O)C(=O)O)c1. The lowest BCUT2D eigenvalue weighted by molar-refractivity contribution is -0.386. The van der Waals surface area contributed by atoms with E-state index in [4.69, 9.17) is 9.84 Å². The lowest BCUT2D eigenvalue weighted by Crippen LogP contribution is -2.13. The van der Waals surface area contributed by atoms with Crippen molar-refractivity contribution < 1.29 is 24.7 Å². The summed E-state index contributed by atoms with van der Waals surface area (Å²) in [7, 11) is 1.32. The minimum absolute atomic E-state index is 0.0390. The maximum atomic E-state index is 10.8. The lowest BCUT2D eigenvalue weighted by atomic mass is 10.1. The van der Waals surface area contributed by atoms with Gasteiger partial charge in [0.15, 0.2) is 6.10 Å². The minimum Gasteiger partial charge on any atom is -0.497 e. The average Bonchev–Trinajstić information content (AvgIpc) is 2.25. The Balaban J connectivity index is 3.47. The van der Waals surface area contributed by atoms with Gasteiger partial charge in [0, 0.05) is 6.07 Å². The first-order valence-electron chi connectivity index (χ1n) is 4.31. The number of hydrogen-bond donors (Lipinski definition) is 2. The van der Waals surface area contributed by atoms with Crippen molar-refractivity contribution in [2.24, 2.45) is 0 Å². The van der Waals surface area contributed by atoms with E-state index in [1.165, 1.54) is 13.2 Å². The van der Waals surface area contributed by atoms with E-state index in [0.717, 1.165) is 6.07 Å². The van der Waals surface area contributed by atoms with Crippen molar-refractivity contribution in [1.82, 2.24) is 0 Å². The van der Waals surface area contributed by atoms with Crippen LogP contribution in [0.15, 0.2) is 16.6 Å². The number of methoxy groups -OCH3 is 1. The third-order valence-electron chi connectivity index (χ3n) is 2.01. The van der Waals surface area contributed by atoms with Crippen LogP contribution in [0.25, 0.3) is 0 Å². The molecule has 0 radical (unpaired) electrons. The third kappa shape index (κ3) is 2.71. The van der Waals surface area contributed by atoms with Crippen molar-refractivity contribution in [2.45, 2.75) is 6.10 Å². The zero-order chi connectivity index (χ0) is 13.2. The molecule has 2 N–H and O–H groups in total. The number of aliphatic hydroxyl groups excluding tert-OH is 1. The predicted octanol–water partition coefficient (Wildman–Crippen LogP) is 1.48. The van der Waals surface area contributed by atoms with E-state index < -0.39 is 22.7 Å². The fourth-order valence-electron chi connectivity index (χ4n) is 1.25. The Labute approximate surface area is 104 Å². The van der Waals surface area contributed by atoms with E-state index in [1.807, 2.05) is 0 Å². The standard InChI is InChI=1S/C9H8BrNO6/c1-17-4-2-5(8(12)9(13)14)7(11(15)16)6(10)3-4/h2-3,8,12H,1H3,(H,13,14). The number of halogens is 1. The second-order valence-electron chi connectivity index (χ2n) is 3.04. The molecule has 0 saturated heterocycles. The maximum absolute atomic E-state index is 10.8. The molecular weight excluding hydrogens is 298 g/mol. The summed E-state index contributed by atoms with van der Waals surface area (Å²) in [5.74, 6) is -1.37. The number of hydrogen-bond acceptors (Lipinski definition) is 5. The van der Waals surface area contributed by atoms with Crippen LogP contribution in [-0.4, -0.2) is 28.2 Å². The van der Waals surface area contributed by atoms with Gasteiger partial charge in [-0.1, -0.05) is 0 Å². The normalized spacial score (nSPS) is 11.9. The summed E-state index contributed by atoms with van der Waals surface area (Å²) in [5.41, 5.74) is -0.838. The Morgan fingerprint density at radius 3 is 2.59 bits per heavy atom. The van der Waals surface area contributed by atoms with Crippen LogP contribution in [0, 0.1) is 10.1 Å². The molecule has 1 aromatic rings. The molecule has 0 aliphatic rings. The molecule has 0 aliphatic heterocycles. The number of aliphatic hydroxyl groups is 1. The number of benzene rings is 1. The van der Waals surface area contributed by atoms with Crippen molar-refractivity contribution >= 4 is 27.6 Å². The highest BCUT2D eigenvalue weighted by molar-refractivity contribution is 9.10. The number of nitro groups is 1. The lowest BCUT2D eigenvalue weighted by Gasteiger charge is -2.10. The summed E-state index contributed by atoms with van der Waals surface area (Å²) in [6.07, 6.45) is -1.98. The summed E-state index contributed by atoms with van der Waals surface area (Å²) in [4.78, 5) is 20.7. The van der Waals surface area contributed by atoms with Gasteiger partial charge in [-0.3, -0.25) is 10.1 Å². The molecule has 1 rings (SSSR count). The predicted molar refractivity (Wildman–Crippen MR) is 59.9 cm³/mol. The van der Waals surface area contributed by atoms with Crippen LogP contribution in [0.3, 0.4) is 0 Å². The van der Waals surface area contributed by atoms with E-state index in [-0.39, 0.29) is 15.8 Å². The van der Waals surface area contributed by atoms with Crippen LogP contribution in [0.4, 0.5) is 5.69 Å². The van der Waals surface area contributed by atoms with Crippen molar-refractivity contribution in [3.63, 3.8) is 0 Å². The second kappa shape index (κ2) is 5.11. The monoisotopic (exact) mass is 305 g/mol. The minimum atomic E-state index is -1.98. The fraction of sp³-hybridized carbons (Fsp3) is 0.222. The van der Waals surface area contributed by atoms with Crippen LogP contribution in [0.2, 0.25) is 0 Å². The summed E-state index contributed by atoms with van der Waals surface area (Å²) >= 11 is 2.93. The highest BCUT2D eigenvalue weighted by atomic mass is 79.9. The first-order valence-corrected chi connectivity index (χ1v) is 5.10. The Morgan fingerprint density at radius 1 is 1.59 bits per heavy atom. The summed E-state index contributed by atoms with van der Waals surface area (Å²) < 4.78 is 4.88. The molecule has 17 heavy (non-hydrogen) atoms. The largest absolute Gasteiger partial charge is 0.497 e. The number of nitro benzene ring substituents is 1. The van der Waals surface area contributed by atoms with Gasteiger partial charge in [-0.15, -0.1) is 0 Å². The highest BCUT2D eigenvalue weighted by Crippen LogP contribution is 2.36. The molecule has 0 amide bonds. The number of carbonyl (C=O) groups is 1. The molecule has 0 fully saturated rings. The first-order chi connectivity index (χ1) is 7.88. The van der Waals surface area contributed by atoms with Gasteiger partial charge < -0.3 is 14.9 Å². The van der Waals surface area contributed by atoms with Crippen LogP contribution in [0.5, 0.6) is 5.75 Å². The zero-order valence-electron chi connectivity index (χ0n) is 8.58. The van der Waals surface area contributed by atoms with Gasteiger partial charge in [-0.2, -0.15) is 0 Å². The van der Waals surface area contributed by atoms with Crippen LogP contribution >= 0.6 is 15.9 Å². The maximum Gasteiger partial charge on any atom is 0.337 e. The number of ether oxygens (including phenoxy) is 1. The summed E-state index contributed by atoms with van der Waals surface area (Å²) in [6.45, 7) is 0. The molecule has 1 unspecified atom stereocenters. The Kier molecular flexibility index (Phi) is 4.02. The number of aliphatic carboxylic acids is 1. The molecule has 1 atom stereocenters. The van der Waals surface area contributed by atoms with Gasteiger partial charge in [0.1, 0.15) is 5.75 Å². The van der Waals surface area contributed by atoms with Gasteiger partial charge in [0.2, 0.25) is 0 Å². The number of carboxylic acid groups (broad SMARTS) is 1. The average molecular weight is 306 g/mol. The molecule has 0 saturated carbocycles. The van der Waals surface area contributed by atoms with Crippen molar-refractivity contribution in [1.29, 1.82) is 0 Å². The van der Waals surface area contributed by atoms with Gasteiger partial charge >= 0.3 is 5.97 Å². The topological polar surface area (TPSA) is 110 Å². The van der Waals surface area contributed by atoms with Crippen molar-refractivity contribution in [3.8, 4) is 5.75 Å². The smallest absolute Gasteiger partial charge is 0.337 e. The molecule has 0 aromatic heterocycles. The first kappa shape index (κ1) is 13.4. The zero-order valence-corrected chi connectivity index (χ0v) is 10.2. The van der Waals surface area contributed by atoms with E-state index in [2.05, 4.69) is 15.9 Å². The molecule has 0 aliphatic carbocycles. The Bertz CT molecular complexity index is 475. The molecule has 92 valence electrons. The number of rotatable bonds is 4. The quantitative estimate of drug-likeness (QED) is 0.644. The van der Waals surface area contributed by atoms with Crippen LogP contribution in [0.1, 0.15) is 11.7 Å². The molecule has 8 heteroatoms. The van der Waals surface area contributed by atoms with Crippen LogP contribution in [-0.2, 0) is 4.79 Å². The van der Waals surface area contributed by atoms with E-state index in [0.29, 0.717) is 0 Å². The molecule has 0 bridgehead atoms. The van der Waals surface area contributed by atoms with Gasteiger partial charge in [0.25, 0.3) is 5.69 Å². The highest BCUT2D eigenvalue weighted by Gasteiger charge is 2.29. The Hall–Kier alpha value is -1.67. The molecule has 1 aromatic carbocycles. The van der Waals surface area contributed by atoms with Gasteiger partial charge in [-0.25, -0.2) is 4.79 Å². The van der Waals surface area contributed by atoms with E-state index in [9.17, 15) is 20.0 Å². The molecule has 0 spiro atoms. The van der Waals surface area contributed by atoms with Gasteiger partial charge in [-0.05, 0) is 22.0 Å². The summed E-state index contributed by atoms with van der Waals surface area (Å²) in [5, 5.41) is 28.9. The number of nitrogens with zero attached hydrogens (tertiary/aromatic N) is 1.